The number of hydrogen-bond acceptors (Lipinski definition) is 4. The van der Waals surface area contributed by atoms with Gasteiger partial charge in [0.2, 0.25) is 5.91 Å². The molecule has 4 rings (SSSR count). The molecule has 33 heavy (non-hydrogen) atoms. The Hall–Kier alpha value is -3.16. The standard InChI is InChI=1S/C25H33N5O3/c1-17-8-6-9-19(14-17)16-29-12-7-13-30-22(25(29)33)15-21(28-30)24(32)26-18(2)23(31)27-20-10-4-3-5-11-20/h6,8-9,14-15,18,20H,3-5,7,10-13,16H2,1-2H3,(H,26,32)(H,27,31)/t18-/m0/s1. The summed E-state index contributed by atoms with van der Waals surface area (Å²) in [5.74, 6) is -0.764. The lowest BCUT2D eigenvalue weighted by Crippen LogP contribution is -2.48. The van der Waals surface area contributed by atoms with Crippen LogP contribution < -0.4 is 10.6 Å². The van der Waals surface area contributed by atoms with Gasteiger partial charge in [-0.25, -0.2) is 0 Å². The fraction of sp³-hybridized carbons (Fsp3) is 0.520. The Labute approximate surface area is 194 Å². The zero-order chi connectivity index (χ0) is 23.4. The number of rotatable bonds is 6. The largest absolute Gasteiger partial charge is 0.352 e. The minimum atomic E-state index is -0.672. The molecule has 2 heterocycles. The van der Waals surface area contributed by atoms with E-state index in [2.05, 4.69) is 21.8 Å². The minimum Gasteiger partial charge on any atom is -0.352 e. The Kier molecular flexibility index (Phi) is 7.11. The van der Waals surface area contributed by atoms with Gasteiger partial charge >= 0.3 is 0 Å². The highest BCUT2D eigenvalue weighted by atomic mass is 16.2. The van der Waals surface area contributed by atoms with Gasteiger partial charge in [0.25, 0.3) is 11.8 Å². The molecule has 0 saturated heterocycles. The van der Waals surface area contributed by atoms with Gasteiger partial charge in [-0.15, -0.1) is 0 Å². The fourth-order valence-corrected chi connectivity index (χ4v) is 4.64. The Balaban J connectivity index is 1.40. The number of nitrogens with zero attached hydrogens (tertiary/aromatic N) is 3. The lowest BCUT2D eigenvalue weighted by molar-refractivity contribution is -0.123. The van der Waals surface area contributed by atoms with Gasteiger partial charge in [0.1, 0.15) is 11.7 Å². The van der Waals surface area contributed by atoms with Gasteiger partial charge in [-0.2, -0.15) is 5.10 Å². The predicted octanol–water partition coefficient (Wildman–Crippen LogP) is 2.80. The van der Waals surface area contributed by atoms with Crippen molar-refractivity contribution in [1.82, 2.24) is 25.3 Å². The molecular formula is C25H33N5O3. The first-order chi connectivity index (χ1) is 15.9. The zero-order valence-corrected chi connectivity index (χ0v) is 19.5. The van der Waals surface area contributed by atoms with Crippen LogP contribution in [0.2, 0.25) is 0 Å². The molecule has 1 aliphatic carbocycles. The van der Waals surface area contributed by atoms with Crippen LogP contribution in [-0.4, -0.2) is 51.0 Å². The monoisotopic (exact) mass is 451 g/mol. The topological polar surface area (TPSA) is 96.3 Å². The molecule has 8 heteroatoms. The van der Waals surface area contributed by atoms with E-state index >= 15 is 0 Å². The first-order valence-electron chi connectivity index (χ1n) is 11.9. The smallest absolute Gasteiger partial charge is 0.272 e. The molecule has 1 fully saturated rings. The van der Waals surface area contributed by atoms with Gasteiger partial charge < -0.3 is 15.5 Å². The molecule has 8 nitrogen and oxygen atoms in total. The molecule has 1 saturated carbocycles. The third kappa shape index (κ3) is 5.61. The molecular weight excluding hydrogens is 418 g/mol. The molecule has 176 valence electrons. The zero-order valence-electron chi connectivity index (χ0n) is 19.5. The Morgan fingerprint density at radius 1 is 1.12 bits per heavy atom. The van der Waals surface area contributed by atoms with Crippen molar-refractivity contribution < 1.29 is 14.4 Å². The van der Waals surface area contributed by atoms with E-state index in [1.165, 1.54) is 12.5 Å². The molecule has 0 spiro atoms. The normalized spacial score (nSPS) is 17.8. The SMILES string of the molecule is Cc1cccc(CN2CCCn3nc(C(=O)N[C@@H](C)C(=O)NC4CCCCC4)cc3C2=O)c1. The van der Waals surface area contributed by atoms with Crippen molar-refractivity contribution in [2.75, 3.05) is 6.54 Å². The molecule has 2 aliphatic rings. The third-order valence-electron chi connectivity index (χ3n) is 6.47. The van der Waals surface area contributed by atoms with Crippen LogP contribution in [0, 0.1) is 6.92 Å². The molecule has 2 N–H and O–H groups in total. The van der Waals surface area contributed by atoms with Gasteiger partial charge in [0.05, 0.1) is 0 Å². The summed E-state index contributed by atoms with van der Waals surface area (Å²) in [6.45, 7) is 5.42. The third-order valence-corrected chi connectivity index (χ3v) is 6.47. The Morgan fingerprint density at radius 2 is 1.91 bits per heavy atom. The van der Waals surface area contributed by atoms with Crippen LogP contribution in [-0.2, 0) is 17.9 Å². The number of nitrogens with one attached hydrogen (secondary N) is 2. The number of carbonyl (C=O) groups is 3. The van der Waals surface area contributed by atoms with Crippen LogP contribution in [0.1, 0.15) is 77.6 Å². The Bertz CT molecular complexity index is 1020. The number of aryl methyl sites for hydroxylation is 2. The molecule has 1 aromatic heterocycles. The van der Waals surface area contributed by atoms with Gasteiger partial charge in [-0.05, 0) is 38.7 Å². The van der Waals surface area contributed by atoms with Crippen molar-refractivity contribution in [2.45, 2.75) is 77.5 Å². The van der Waals surface area contributed by atoms with Gasteiger partial charge in [0.15, 0.2) is 5.69 Å². The van der Waals surface area contributed by atoms with E-state index < -0.39 is 11.9 Å². The summed E-state index contributed by atoms with van der Waals surface area (Å²) in [5, 5.41) is 10.1. The first kappa shape index (κ1) is 23.0. The second-order valence-electron chi connectivity index (χ2n) is 9.25. The minimum absolute atomic E-state index is 0.136. The van der Waals surface area contributed by atoms with Crippen molar-refractivity contribution in [2.24, 2.45) is 0 Å². The summed E-state index contributed by atoms with van der Waals surface area (Å²) in [5.41, 5.74) is 2.80. The van der Waals surface area contributed by atoms with Crippen molar-refractivity contribution >= 4 is 17.7 Å². The van der Waals surface area contributed by atoms with Gasteiger partial charge in [-0.3, -0.25) is 19.1 Å². The highest BCUT2D eigenvalue weighted by Crippen LogP contribution is 2.18. The second kappa shape index (κ2) is 10.2. The van der Waals surface area contributed by atoms with E-state index in [1.54, 1.807) is 16.5 Å². The summed E-state index contributed by atoms with van der Waals surface area (Å²) in [7, 11) is 0. The van der Waals surface area contributed by atoms with Crippen LogP contribution in [0.5, 0.6) is 0 Å². The molecule has 1 aliphatic heterocycles. The summed E-state index contributed by atoms with van der Waals surface area (Å²) in [4.78, 5) is 40.3. The highest BCUT2D eigenvalue weighted by Gasteiger charge is 2.28. The average Bonchev–Trinajstić information content (AvgIpc) is 3.17. The highest BCUT2D eigenvalue weighted by molar-refractivity contribution is 5.99. The van der Waals surface area contributed by atoms with Crippen molar-refractivity contribution in [3.63, 3.8) is 0 Å². The van der Waals surface area contributed by atoms with Crippen molar-refractivity contribution in [3.8, 4) is 0 Å². The molecule has 0 unspecified atom stereocenters. The van der Waals surface area contributed by atoms with E-state index in [4.69, 9.17) is 0 Å². The molecule has 1 atom stereocenters. The maximum Gasteiger partial charge on any atom is 0.272 e. The van der Waals surface area contributed by atoms with Crippen molar-refractivity contribution in [3.05, 3.63) is 52.8 Å². The van der Waals surface area contributed by atoms with Gasteiger partial charge in [0, 0.05) is 31.7 Å². The fourth-order valence-electron chi connectivity index (χ4n) is 4.64. The van der Waals surface area contributed by atoms with Crippen molar-refractivity contribution in [1.29, 1.82) is 0 Å². The molecule has 0 radical (unpaired) electrons. The maximum atomic E-state index is 13.2. The number of carbonyl (C=O) groups excluding carboxylic acids is 3. The number of hydrogen-bond donors (Lipinski definition) is 2. The Morgan fingerprint density at radius 3 is 2.67 bits per heavy atom. The summed E-state index contributed by atoms with van der Waals surface area (Å²) in [6, 6.07) is 9.17. The van der Waals surface area contributed by atoms with Crippen LogP contribution in [0.15, 0.2) is 30.3 Å². The van der Waals surface area contributed by atoms with Gasteiger partial charge in [-0.1, -0.05) is 49.1 Å². The molecule has 0 bridgehead atoms. The molecule has 2 aromatic rings. The van der Waals surface area contributed by atoms with E-state index in [0.717, 1.165) is 43.2 Å². The van der Waals surface area contributed by atoms with Crippen LogP contribution in [0.3, 0.4) is 0 Å². The summed E-state index contributed by atoms with van der Waals surface area (Å²) < 4.78 is 1.61. The van der Waals surface area contributed by atoms with Crippen LogP contribution in [0.4, 0.5) is 0 Å². The molecule has 1 aromatic carbocycles. The maximum absolute atomic E-state index is 13.2. The number of aromatic nitrogens is 2. The lowest BCUT2D eigenvalue weighted by Gasteiger charge is -2.24. The summed E-state index contributed by atoms with van der Waals surface area (Å²) in [6.07, 6.45) is 6.20. The van der Waals surface area contributed by atoms with E-state index in [1.807, 2.05) is 25.1 Å². The van der Waals surface area contributed by atoms with Crippen LogP contribution >= 0.6 is 0 Å². The number of fused-ring (bicyclic) bond motifs is 1. The summed E-state index contributed by atoms with van der Waals surface area (Å²) >= 11 is 0. The van der Waals surface area contributed by atoms with E-state index in [0.29, 0.717) is 25.3 Å². The first-order valence-corrected chi connectivity index (χ1v) is 11.9. The number of amides is 3. The van der Waals surface area contributed by atoms with Crippen LogP contribution in [0.25, 0.3) is 0 Å². The quantitative estimate of drug-likeness (QED) is 0.706. The predicted molar refractivity (Wildman–Crippen MR) is 125 cm³/mol. The second-order valence-corrected chi connectivity index (χ2v) is 9.25. The molecule has 3 amide bonds. The van der Waals surface area contributed by atoms with E-state index in [-0.39, 0.29) is 23.6 Å². The lowest BCUT2D eigenvalue weighted by atomic mass is 9.95. The average molecular weight is 452 g/mol. The number of benzene rings is 1. The van der Waals surface area contributed by atoms with E-state index in [9.17, 15) is 14.4 Å².